The third-order valence-electron chi connectivity index (χ3n) is 5.41. The Morgan fingerprint density at radius 2 is 1.68 bits per heavy atom. The van der Waals surface area contributed by atoms with Crippen LogP contribution in [0.25, 0.3) is 11.3 Å². The number of benzene rings is 1. The second-order valence-electron chi connectivity index (χ2n) is 7.47. The Hall–Kier alpha value is -2.29. The zero-order valence-electron chi connectivity index (χ0n) is 15.2. The van der Waals surface area contributed by atoms with Gasteiger partial charge in [0.05, 0.1) is 31.0 Å². The van der Waals surface area contributed by atoms with Crippen LogP contribution in [0.5, 0.6) is 0 Å². The summed E-state index contributed by atoms with van der Waals surface area (Å²) < 4.78 is 11.7. The first-order chi connectivity index (χ1) is 13.7. The number of hydrogen-bond donors (Lipinski definition) is 2. The number of aromatic nitrogens is 1. The minimum absolute atomic E-state index is 0.0848. The second kappa shape index (κ2) is 7.27. The van der Waals surface area contributed by atoms with E-state index in [1.807, 2.05) is 35.7 Å². The first kappa shape index (κ1) is 17.8. The highest BCUT2D eigenvalue weighted by Crippen LogP contribution is 2.31. The van der Waals surface area contributed by atoms with Crippen LogP contribution < -0.4 is 10.6 Å². The molecular weight excluding hydrogens is 378 g/mol. The summed E-state index contributed by atoms with van der Waals surface area (Å²) in [6, 6.07) is 9.38. The van der Waals surface area contributed by atoms with E-state index in [9.17, 15) is 9.59 Å². The molecule has 0 bridgehead atoms. The number of nitrogens with zero attached hydrogens (tertiary/aromatic N) is 1. The molecule has 2 aromatic rings. The van der Waals surface area contributed by atoms with Crippen molar-refractivity contribution in [3.63, 3.8) is 0 Å². The molecule has 5 rings (SSSR count). The van der Waals surface area contributed by atoms with Crippen molar-refractivity contribution < 1.29 is 19.1 Å². The molecule has 7 nitrogen and oxygen atoms in total. The molecule has 2 saturated heterocycles. The zero-order chi connectivity index (χ0) is 19.1. The summed E-state index contributed by atoms with van der Waals surface area (Å²) in [7, 11) is 0. The molecule has 28 heavy (non-hydrogen) atoms. The van der Waals surface area contributed by atoms with Crippen molar-refractivity contribution in [3.05, 3.63) is 40.7 Å². The SMILES string of the molecule is O=C(N[C@H]1CO[C@H]2[C@@H]1OC[C@@H]2NC(=O)C1CC1)c1nc(-c2ccccc2)cs1. The maximum atomic E-state index is 12.6. The second-order valence-corrected chi connectivity index (χ2v) is 8.33. The number of fused-ring (bicyclic) bond motifs is 1. The van der Waals surface area contributed by atoms with Gasteiger partial charge in [0.1, 0.15) is 12.2 Å². The van der Waals surface area contributed by atoms with Gasteiger partial charge in [0.25, 0.3) is 5.91 Å². The summed E-state index contributed by atoms with van der Waals surface area (Å²) in [5, 5.41) is 8.31. The zero-order valence-corrected chi connectivity index (χ0v) is 16.0. The third-order valence-corrected chi connectivity index (χ3v) is 6.25. The third kappa shape index (κ3) is 3.43. The summed E-state index contributed by atoms with van der Waals surface area (Å²) in [5.41, 5.74) is 1.77. The van der Waals surface area contributed by atoms with Crippen molar-refractivity contribution in [3.8, 4) is 11.3 Å². The summed E-state index contributed by atoms with van der Waals surface area (Å²) in [5.74, 6) is 0.0109. The predicted octanol–water partition coefficient (Wildman–Crippen LogP) is 1.60. The largest absolute Gasteiger partial charge is 0.371 e. The molecule has 0 unspecified atom stereocenters. The molecule has 146 valence electrons. The summed E-state index contributed by atoms with van der Waals surface area (Å²) in [6.45, 7) is 0.781. The predicted molar refractivity (Wildman–Crippen MR) is 103 cm³/mol. The van der Waals surface area contributed by atoms with E-state index in [2.05, 4.69) is 15.6 Å². The molecule has 3 heterocycles. The number of amides is 2. The van der Waals surface area contributed by atoms with Crippen LogP contribution in [0.3, 0.4) is 0 Å². The summed E-state index contributed by atoms with van der Waals surface area (Å²) in [4.78, 5) is 29.1. The molecule has 2 N–H and O–H groups in total. The fourth-order valence-corrected chi connectivity index (χ4v) is 4.47. The van der Waals surface area contributed by atoms with Crippen LogP contribution in [0.15, 0.2) is 35.7 Å². The molecule has 2 amide bonds. The molecule has 0 radical (unpaired) electrons. The van der Waals surface area contributed by atoms with Crippen molar-refractivity contribution in [2.75, 3.05) is 13.2 Å². The van der Waals surface area contributed by atoms with Gasteiger partial charge in [0.15, 0.2) is 5.01 Å². The van der Waals surface area contributed by atoms with Gasteiger partial charge in [0.2, 0.25) is 5.91 Å². The average molecular weight is 399 g/mol. The van der Waals surface area contributed by atoms with Crippen LogP contribution in [0, 0.1) is 5.92 Å². The number of ether oxygens (including phenoxy) is 2. The topological polar surface area (TPSA) is 89.5 Å². The monoisotopic (exact) mass is 399 g/mol. The molecule has 2 aliphatic heterocycles. The average Bonchev–Trinajstić information content (AvgIpc) is 3.13. The lowest BCUT2D eigenvalue weighted by atomic mass is 10.1. The molecule has 1 aromatic heterocycles. The number of carbonyl (C=O) groups excluding carboxylic acids is 2. The maximum Gasteiger partial charge on any atom is 0.280 e. The van der Waals surface area contributed by atoms with Gasteiger partial charge in [-0.2, -0.15) is 0 Å². The van der Waals surface area contributed by atoms with Crippen LogP contribution in [0.4, 0.5) is 0 Å². The van der Waals surface area contributed by atoms with Crippen molar-refractivity contribution in [1.82, 2.24) is 15.6 Å². The number of hydrogen-bond acceptors (Lipinski definition) is 6. The van der Waals surface area contributed by atoms with Crippen LogP contribution >= 0.6 is 11.3 Å². The minimum Gasteiger partial charge on any atom is -0.371 e. The van der Waals surface area contributed by atoms with E-state index in [1.54, 1.807) is 0 Å². The van der Waals surface area contributed by atoms with Crippen molar-refractivity contribution >= 4 is 23.2 Å². The van der Waals surface area contributed by atoms with Gasteiger partial charge in [-0.25, -0.2) is 4.98 Å². The lowest BCUT2D eigenvalue weighted by molar-refractivity contribution is -0.123. The van der Waals surface area contributed by atoms with Gasteiger partial charge in [-0.15, -0.1) is 11.3 Å². The van der Waals surface area contributed by atoms with Gasteiger partial charge >= 0.3 is 0 Å². The number of rotatable bonds is 5. The minimum atomic E-state index is -0.248. The first-order valence-electron chi connectivity index (χ1n) is 9.54. The number of nitrogens with one attached hydrogen (secondary N) is 2. The Bertz CT molecular complexity index is 883. The Balaban J connectivity index is 1.21. The smallest absolute Gasteiger partial charge is 0.280 e. The summed E-state index contributed by atoms with van der Waals surface area (Å²) >= 11 is 1.32. The highest BCUT2D eigenvalue weighted by atomic mass is 32.1. The molecule has 8 heteroatoms. The summed E-state index contributed by atoms with van der Waals surface area (Å²) in [6.07, 6.45) is 1.46. The fraction of sp³-hybridized carbons (Fsp3) is 0.450. The van der Waals surface area contributed by atoms with E-state index in [0.717, 1.165) is 24.1 Å². The van der Waals surface area contributed by atoms with Gasteiger partial charge in [-0.1, -0.05) is 30.3 Å². The molecular formula is C20H21N3O4S. The fourth-order valence-electron chi connectivity index (χ4n) is 3.74. The van der Waals surface area contributed by atoms with Gasteiger partial charge in [-0.05, 0) is 12.8 Å². The van der Waals surface area contributed by atoms with Crippen LogP contribution in [0.1, 0.15) is 22.6 Å². The number of carbonyl (C=O) groups is 2. The molecule has 4 atom stereocenters. The molecule has 0 spiro atoms. The van der Waals surface area contributed by atoms with Crippen LogP contribution in [0.2, 0.25) is 0 Å². The van der Waals surface area contributed by atoms with Crippen molar-refractivity contribution in [1.29, 1.82) is 0 Å². The van der Waals surface area contributed by atoms with E-state index in [0.29, 0.717) is 18.2 Å². The van der Waals surface area contributed by atoms with Crippen molar-refractivity contribution in [2.24, 2.45) is 5.92 Å². The van der Waals surface area contributed by atoms with E-state index in [-0.39, 0.29) is 42.0 Å². The standard InChI is InChI=1S/C20H21N3O4S/c24-18(12-6-7-12)21-13-8-26-17-14(9-27-16(13)17)22-19(25)20-23-15(10-28-20)11-4-2-1-3-5-11/h1-5,10,12-14,16-17H,6-9H2,(H,21,24)(H,22,25)/t13-,14-,16+,17+/m0/s1. The maximum absolute atomic E-state index is 12.6. The number of thiazole rings is 1. The lowest BCUT2D eigenvalue weighted by Gasteiger charge is -2.18. The highest BCUT2D eigenvalue weighted by Gasteiger charge is 2.49. The molecule has 3 aliphatic rings. The highest BCUT2D eigenvalue weighted by molar-refractivity contribution is 7.12. The molecule has 1 aromatic carbocycles. The quantitative estimate of drug-likeness (QED) is 0.797. The van der Waals surface area contributed by atoms with E-state index in [4.69, 9.17) is 9.47 Å². The molecule has 1 aliphatic carbocycles. The Morgan fingerprint density at radius 1 is 1.00 bits per heavy atom. The molecule has 3 fully saturated rings. The van der Waals surface area contributed by atoms with E-state index >= 15 is 0 Å². The normalized spacial score (nSPS) is 28.7. The van der Waals surface area contributed by atoms with Gasteiger partial charge < -0.3 is 20.1 Å². The first-order valence-corrected chi connectivity index (χ1v) is 10.4. The Kier molecular flexibility index (Phi) is 4.62. The van der Waals surface area contributed by atoms with E-state index in [1.165, 1.54) is 11.3 Å². The lowest BCUT2D eigenvalue weighted by Crippen LogP contribution is -2.47. The Morgan fingerprint density at radius 3 is 2.36 bits per heavy atom. The van der Waals surface area contributed by atoms with Crippen LogP contribution in [-0.2, 0) is 14.3 Å². The Labute approximate surface area is 166 Å². The van der Waals surface area contributed by atoms with Crippen molar-refractivity contribution in [2.45, 2.75) is 37.1 Å². The van der Waals surface area contributed by atoms with Crippen LogP contribution in [-0.4, -0.2) is 54.3 Å². The van der Waals surface area contributed by atoms with E-state index < -0.39 is 0 Å². The van der Waals surface area contributed by atoms with Gasteiger partial charge in [0, 0.05) is 16.9 Å². The van der Waals surface area contributed by atoms with Gasteiger partial charge in [-0.3, -0.25) is 9.59 Å². The molecule has 1 saturated carbocycles.